The maximum Gasteiger partial charge on any atom is 0.269 e. The molecule has 0 unspecified atom stereocenters. The van der Waals surface area contributed by atoms with Gasteiger partial charge in [-0.3, -0.25) is 14.9 Å². The van der Waals surface area contributed by atoms with E-state index in [4.69, 9.17) is 4.99 Å². The molecule has 2 aromatic carbocycles. The minimum Gasteiger partial charge on any atom is -0.343 e. The minimum atomic E-state index is -0.390. The molecule has 0 atom stereocenters. The molecule has 0 bridgehead atoms. The van der Waals surface area contributed by atoms with Gasteiger partial charge in [0.25, 0.3) is 5.69 Å². The van der Waals surface area contributed by atoms with E-state index in [1.807, 2.05) is 16.3 Å². The third-order valence-corrected chi connectivity index (χ3v) is 6.73. The molecular formula is C24H26N4O3S. The van der Waals surface area contributed by atoms with E-state index in [2.05, 4.69) is 30.5 Å². The highest BCUT2D eigenvalue weighted by Crippen LogP contribution is 2.24. The monoisotopic (exact) mass is 450 g/mol. The molecule has 0 radical (unpaired) electrons. The Balaban J connectivity index is 1.67. The number of hydrogen-bond acceptors (Lipinski definition) is 5. The van der Waals surface area contributed by atoms with Crippen molar-refractivity contribution in [2.24, 2.45) is 4.99 Å². The largest absolute Gasteiger partial charge is 0.343 e. The van der Waals surface area contributed by atoms with Crippen molar-refractivity contribution < 1.29 is 9.72 Å². The molecule has 0 aliphatic carbocycles. The van der Waals surface area contributed by atoms with Crippen LogP contribution in [0.4, 0.5) is 11.4 Å². The van der Waals surface area contributed by atoms with Crippen molar-refractivity contribution in [3.8, 4) is 11.3 Å². The van der Waals surface area contributed by atoms with Gasteiger partial charge < -0.3 is 9.47 Å². The van der Waals surface area contributed by atoms with Crippen LogP contribution in [0.1, 0.15) is 30.4 Å². The van der Waals surface area contributed by atoms with Crippen molar-refractivity contribution in [3.05, 3.63) is 73.9 Å². The van der Waals surface area contributed by atoms with Gasteiger partial charge in [0.05, 0.1) is 16.3 Å². The highest BCUT2D eigenvalue weighted by atomic mass is 32.1. The standard InChI is InChI=1S/C24H26N4O3S/c1-17-6-9-20(15-18(17)2)25-24-27(14-4-13-26-12-3-5-23(26)29)22(16-32-24)19-7-10-21(11-8-19)28(30)31/h6-11,15-16H,3-5,12-14H2,1-2H3. The molecule has 32 heavy (non-hydrogen) atoms. The predicted octanol–water partition coefficient (Wildman–Crippen LogP) is 4.99. The number of rotatable bonds is 7. The molecule has 0 N–H and O–H groups in total. The van der Waals surface area contributed by atoms with Gasteiger partial charge in [0.15, 0.2) is 4.80 Å². The lowest BCUT2D eigenvalue weighted by atomic mass is 10.1. The van der Waals surface area contributed by atoms with Gasteiger partial charge >= 0.3 is 0 Å². The molecule has 166 valence electrons. The quantitative estimate of drug-likeness (QED) is 0.376. The third-order valence-electron chi connectivity index (χ3n) is 5.87. The van der Waals surface area contributed by atoms with Crippen LogP contribution in [0.3, 0.4) is 0 Å². The third kappa shape index (κ3) is 4.80. The van der Waals surface area contributed by atoms with Crippen molar-refractivity contribution in [1.29, 1.82) is 0 Å². The van der Waals surface area contributed by atoms with Gasteiger partial charge in [-0.1, -0.05) is 6.07 Å². The first kappa shape index (κ1) is 22.0. The molecule has 4 rings (SSSR count). The number of nitrogens with zero attached hydrogens (tertiary/aromatic N) is 4. The summed E-state index contributed by atoms with van der Waals surface area (Å²) in [5.74, 6) is 0.232. The smallest absolute Gasteiger partial charge is 0.269 e. The van der Waals surface area contributed by atoms with E-state index in [1.54, 1.807) is 23.5 Å². The lowest BCUT2D eigenvalue weighted by molar-refractivity contribution is -0.384. The molecule has 1 aliphatic heterocycles. The van der Waals surface area contributed by atoms with E-state index < -0.39 is 0 Å². The fraction of sp³-hybridized carbons (Fsp3) is 0.333. The van der Waals surface area contributed by atoms with Crippen molar-refractivity contribution in [1.82, 2.24) is 9.47 Å². The number of amides is 1. The van der Waals surface area contributed by atoms with Gasteiger partial charge in [0.1, 0.15) is 0 Å². The maximum atomic E-state index is 12.0. The molecule has 1 saturated heterocycles. The molecule has 3 aromatic rings. The van der Waals surface area contributed by atoms with Crippen molar-refractivity contribution >= 4 is 28.6 Å². The molecule has 1 amide bonds. The van der Waals surface area contributed by atoms with E-state index >= 15 is 0 Å². The second-order valence-electron chi connectivity index (χ2n) is 8.08. The van der Waals surface area contributed by atoms with Crippen LogP contribution in [0.2, 0.25) is 0 Å². The summed E-state index contributed by atoms with van der Waals surface area (Å²) in [6.45, 7) is 6.43. The van der Waals surface area contributed by atoms with Gasteiger partial charge in [-0.25, -0.2) is 4.99 Å². The van der Waals surface area contributed by atoms with Gasteiger partial charge in [0, 0.05) is 43.6 Å². The first-order chi connectivity index (χ1) is 15.4. The van der Waals surface area contributed by atoms with Crippen LogP contribution in [-0.2, 0) is 11.3 Å². The first-order valence-corrected chi connectivity index (χ1v) is 11.6. The number of thiazole rings is 1. The second kappa shape index (κ2) is 9.48. The number of carbonyl (C=O) groups is 1. The second-order valence-corrected chi connectivity index (χ2v) is 8.91. The maximum absolute atomic E-state index is 12.0. The Morgan fingerprint density at radius 2 is 1.88 bits per heavy atom. The van der Waals surface area contributed by atoms with E-state index in [0.29, 0.717) is 13.0 Å². The molecule has 1 aliphatic rings. The average molecular weight is 451 g/mol. The van der Waals surface area contributed by atoms with E-state index in [0.717, 1.165) is 47.7 Å². The van der Waals surface area contributed by atoms with Crippen LogP contribution < -0.4 is 4.80 Å². The number of likely N-dealkylation sites (tertiary alicyclic amines) is 1. The topological polar surface area (TPSA) is 80.7 Å². The molecule has 1 fully saturated rings. The molecule has 1 aromatic heterocycles. The van der Waals surface area contributed by atoms with Crippen molar-refractivity contribution in [2.75, 3.05) is 13.1 Å². The van der Waals surface area contributed by atoms with Crippen molar-refractivity contribution in [2.45, 2.75) is 39.7 Å². The number of aromatic nitrogens is 1. The summed E-state index contributed by atoms with van der Waals surface area (Å²) in [5, 5.41) is 13.1. The molecule has 7 nitrogen and oxygen atoms in total. The van der Waals surface area contributed by atoms with Crippen LogP contribution in [0.5, 0.6) is 0 Å². The average Bonchev–Trinajstić information content (AvgIpc) is 3.37. The summed E-state index contributed by atoms with van der Waals surface area (Å²) >= 11 is 1.55. The number of benzene rings is 2. The van der Waals surface area contributed by atoms with Gasteiger partial charge in [-0.2, -0.15) is 0 Å². The highest BCUT2D eigenvalue weighted by molar-refractivity contribution is 7.07. The minimum absolute atomic E-state index is 0.0723. The summed E-state index contributed by atoms with van der Waals surface area (Å²) in [7, 11) is 0. The van der Waals surface area contributed by atoms with E-state index in [1.165, 1.54) is 23.3 Å². The zero-order chi connectivity index (χ0) is 22.7. The number of hydrogen-bond donors (Lipinski definition) is 0. The fourth-order valence-corrected chi connectivity index (χ4v) is 4.84. The Hall–Kier alpha value is -3.26. The molecular weight excluding hydrogens is 424 g/mol. The van der Waals surface area contributed by atoms with Crippen LogP contribution >= 0.6 is 11.3 Å². The summed E-state index contributed by atoms with van der Waals surface area (Å²) in [6, 6.07) is 12.8. The van der Waals surface area contributed by atoms with Crippen LogP contribution in [0.25, 0.3) is 11.3 Å². The lowest BCUT2D eigenvalue weighted by Crippen LogP contribution is -2.27. The SMILES string of the molecule is Cc1ccc(N=c2scc(-c3ccc([N+](=O)[O-])cc3)n2CCCN2CCCC2=O)cc1C. The predicted molar refractivity (Wildman–Crippen MR) is 126 cm³/mol. The van der Waals surface area contributed by atoms with Crippen LogP contribution in [0.15, 0.2) is 52.8 Å². The molecule has 0 saturated carbocycles. The Bertz CT molecular complexity index is 1210. The van der Waals surface area contributed by atoms with E-state index in [9.17, 15) is 14.9 Å². The number of aryl methyl sites for hydroxylation is 2. The molecule has 2 heterocycles. The summed E-state index contributed by atoms with van der Waals surface area (Å²) in [5.41, 5.74) is 5.27. The zero-order valence-electron chi connectivity index (χ0n) is 18.3. The van der Waals surface area contributed by atoms with Crippen molar-refractivity contribution in [3.63, 3.8) is 0 Å². The van der Waals surface area contributed by atoms with E-state index in [-0.39, 0.29) is 16.5 Å². The summed E-state index contributed by atoms with van der Waals surface area (Å²) in [6.07, 6.45) is 2.40. The molecule has 0 spiro atoms. The zero-order valence-corrected chi connectivity index (χ0v) is 19.1. The summed E-state index contributed by atoms with van der Waals surface area (Å²) in [4.78, 5) is 30.3. The summed E-state index contributed by atoms with van der Waals surface area (Å²) < 4.78 is 2.15. The number of non-ortho nitro benzene ring substituents is 1. The van der Waals surface area contributed by atoms with Gasteiger partial charge in [-0.05, 0) is 67.6 Å². The Labute approximate surface area is 190 Å². The lowest BCUT2D eigenvalue weighted by Gasteiger charge is -2.16. The highest BCUT2D eigenvalue weighted by Gasteiger charge is 2.19. The van der Waals surface area contributed by atoms with Crippen LogP contribution in [0, 0.1) is 24.0 Å². The van der Waals surface area contributed by atoms with Crippen LogP contribution in [-0.4, -0.2) is 33.4 Å². The normalized spacial score (nSPS) is 14.4. The molecule has 8 heteroatoms. The number of nitro groups is 1. The van der Waals surface area contributed by atoms with Gasteiger partial charge in [-0.15, -0.1) is 11.3 Å². The Kier molecular flexibility index (Phi) is 6.50. The fourth-order valence-electron chi connectivity index (χ4n) is 3.89. The Morgan fingerprint density at radius 1 is 1.09 bits per heavy atom. The Morgan fingerprint density at radius 3 is 2.53 bits per heavy atom. The van der Waals surface area contributed by atoms with Gasteiger partial charge in [0.2, 0.25) is 5.91 Å². The number of nitro benzene ring substituents is 1. The first-order valence-electron chi connectivity index (χ1n) is 10.8. The number of carbonyl (C=O) groups excluding carboxylic acids is 1.